The van der Waals surface area contributed by atoms with Gasteiger partial charge in [0.2, 0.25) is 0 Å². The van der Waals surface area contributed by atoms with Gasteiger partial charge in [-0.1, -0.05) is 44.1 Å². The molecule has 0 aromatic carbocycles. The van der Waals surface area contributed by atoms with Gasteiger partial charge in [-0.2, -0.15) is 0 Å². The Bertz CT molecular complexity index is 307. The minimum Gasteiger partial charge on any atom is -0.427 e. The number of hydrogen-bond acceptors (Lipinski definition) is 2. The van der Waals surface area contributed by atoms with Gasteiger partial charge in [-0.3, -0.25) is 4.79 Å². The van der Waals surface area contributed by atoms with Crippen molar-refractivity contribution in [1.29, 1.82) is 0 Å². The molecule has 0 heterocycles. The molecule has 0 spiro atoms. The van der Waals surface area contributed by atoms with Gasteiger partial charge in [0, 0.05) is 0 Å². The number of hydrogen-bond donors (Lipinski definition) is 0. The average Bonchev–Trinajstić information content (AvgIpc) is 2.27. The molecule has 0 aliphatic heterocycles. The lowest BCUT2D eigenvalue weighted by molar-refractivity contribution is -0.144. The van der Waals surface area contributed by atoms with Crippen molar-refractivity contribution >= 4 is 5.97 Å². The Kier molecular flexibility index (Phi) is 5.03. The van der Waals surface area contributed by atoms with E-state index in [1.807, 2.05) is 6.92 Å². The summed E-state index contributed by atoms with van der Waals surface area (Å²) in [6, 6.07) is 0. The highest BCUT2D eigenvalue weighted by molar-refractivity contribution is 5.73. The van der Waals surface area contributed by atoms with Gasteiger partial charge in [-0.25, -0.2) is 0 Å². The first-order valence-electron chi connectivity index (χ1n) is 5.84. The highest BCUT2D eigenvalue weighted by Gasteiger charge is 2.22. The number of rotatable bonds is 4. The number of esters is 1. The Morgan fingerprint density at radius 3 is 2.38 bits per heavy atom. The summed E-state index contributed by atoms with van der Waals surface area (Å²) in [6.07, 6.45) is 8.88. The molecule has 0 aromatic heterocycles. The van der Waals surface area contributed by atoms with Crippen LogP contribution in [0.2, 0.25) is 0 Å². The molecule has 0 saturated heterocycles. The monoisotopic (exact) mass is 220 g/mol. The van der Waals surface area contributed by atoms with Crippen molar-refractivity contribution in [3.8, 4) is 0 Å². The summed E-state index contributed by atoms with van der Waals surface area (Å²) in [6.45, 7) is 9.30. The topological polar surface area (TPSA) is 26.3 Å². The molecule has 88 valence electrons. The number of carbonyl (C=O) groups is 1. The van der Waals surface area contributed by atoms with Crippen LogP contribution in [0, 0.1) is 5.92 Å². The van der Waals surface area contributed by atoms with Gasteiger partial charge in [0.1, 0.15) is 5.76 Å². The predicted molar refractivity (Wildman–Crippen MR) is 65.8 cm³/mol. The van der Waals surface area contributed by atoms with E-state index in [1.165, 1.54) is 6.42 Å². The van der Waals surface area contributed by atoms with Crippen LogP contribution in [0.15, 0.2) is 36.6 Å². The van der Waals surface area contributed by atoms with Crippen molar-refractivity contribution < 1.29 is 9.53 Å². The lowest BCUT2D eigenvalue weighted by Crippen LogP contribution is -2.19. The quantitative estimate of drug-likeness (QED) is 0.409. The molecular formula is C14H20O2. The Morgan fingerprint density at radius 1 is 1.19 bits per heavy atom. The Hall–Kier alpha value is -1.31. The lowest BCUT2D eigenvalue weighted by Gasteiger charge is -2.19. The van der Waals surface area contributed by atoms with Crippen LogP contribution in [0.3, 0.4) is 0 Å². The van der Waals surface area contributed by atoms with Gasteiger partial charge in [0.15, 0.2) is 0 Å². The normalized spacial score (nSPS) is 17.3. The Labute approximate surface area is 97.7 Å². The third-order valence-corrected chi connectivity index (χ3v) is 2.72. The van der Waals surface area contributed by atoms with Gasteiger partial charge in [-0.15, -0.1) is 0 Å². The van der Waals surface area contributed by atoms with Crippen LogP contribution in [0.4, 0.5) is 0 Å². The summed E-state index contributed by atoms with van der Waals surface area (Å²) in [5, 5.41) is 0. The maximum absolute atomic E-state index is 11.7. The maximum atomic E-state index is 11.7. The Balaban J connectivity index is 2.38. The fourth-order valence-electron chi connectivity index (χ4n) is 1.82. The first-order chi connectivity index (χ1) is 7.59. The molecule has 0 N–H and O–H groups in total. The molecule has 0 unspecified atom stereocenters. The summed E-state index contributed by atoms with van der Waals surface area (Å²) < 4.78 is 5.18. The van der Waals surface area contributed by atoms with Gasteiger partial charge >= 0.3 is 5.97 Å². The number of allylic oxidation sites excluding steroid dienone is 3. The van der Waals surface area contributed by atoms with Crippen molar-refractivity contribution in [2.24, 2.45) is 5.92 Å². The van der Waals surface area contributed by atoms with E-state index in [-0.39, 0.29) is 11.9 Å². The van der Waals surface area contributed by atoms with E-state index in [2.05, 4.69) is 13.2 Å². The van der Waals surface area contributed by atoms with Gasteiger partial charge < -0.3 is 4.74 Å². The van der Waals surface area contributed by atoms with Crippen LogP contribution >= 0.6 is 0 Å². The molecule has 0 bridgehead atoms. The first-order valence-corrected chi connectivity index (χ1v) is 5.84. The number of carbonyl (C=O) groups excluding carboxylic acids is 1. The molecule has 1 aliphatic carbocycles. The molecule has 1 aliphatic rings. The second kappa shape index (κ2) is 6.31. The van der Waals surface area contributed by atoms with Crippen molar-refractivity contribution in [3.05, 3.63) is 36.6 Å². The highest BCUT2D eigenvalue weighted by Crippen LogP contribution is 2.25. The zero-order valence-electron chi connectivity index (χ0n) is 10.00. The molecule has 16 heavy (non-hydrogen) atoms. The third-order valence-electron chi connectivity index (χ3n) is 2.72. The van der Waals surface area contributed by atoms with Crippen molar-refractivity contribution in [1.82, 2.24) is 0 Å². The molecule has 0 atom stereocenters. The minimum absolute atomic E-state index is 0.0729. The molecule has 0 amide bonds. The van der Waals surface area contributed by atoms with Gasteiger partial charge in [-0.05, 0) is 25.8 Å². The van der Waals surface area contributed by atoms with Crippen LogP contribution in [-0.4, -0.2) is 5.97 Å². The summed E-state index contributed by atoms with van der Waals surface area (Å²) in [7, 11) is 0. The van der Waals surface area contributed by atoms with Crippen LogP contribution in [-0.2, 0) is 9.53 Å². The maximum Gasteiger partial charge on any atom is 0.314 e. The predicted octanol–water partition coefficient (Wildman–Crippen LogP) is 3.76. The molecule has 0 radical (unpaired) electrons. The highest BCUT2D eigenvalue weighted by atomic mass is 16.5. The molecule has 2 heteroatoms. The van der Waals surface area contributed by atoms with Gasteiger partial charge in [0.25, 0.3) is 0 Å². The molecule has 0 aromatic rings. The van der Waals surface area contributed by atoms with E-state index >= 15 is 0 Å². The second-order valence-electron chi connectivity index (χ2n) is 4.40. The minimum atomic E-state index is -0.129. The fraction of sp³-hybridized carbons (Fsp3) is 0.500. The fourth-order valence-corrected chi connectivity index (χ4v) is 1.82. The second-order valence-corrected chi connectivity index (χ2v) is 4.40. The van der Waals surface area contributed by atoms with E-state index in [1.54, 1.807) is 12.2 Å². The molecule has 1 fully saturated rings. The zero-order valence-corrected chi connectivity index (χ0v) is 10.00. The zero-order chi connectivity index (χ0) is 12.0. The first kappa shape index (κ1) is 12.8. The summed E-state index contributed by atoms with van der Waals surface area (Å²) in [5.41, 5.74) is 0.912. The van der Waals surface area contributed by atoms with Crippen LogP contribution in [0.1, 0.15) is 39.0 Å². The van der Waals surface area contributed by atoms with Crippen LogP contribution in [0.25, 0.3) is 0 Å². The smallest absolute Gasteiger partial charge is 0.314 e. The average molecular weight is 220 g/mol. The lowest BCUT2D eigenvalue weighted by atomic mass is 9.89. The molecule has 2 nitrogen and oxygen atoms in total. The summed E-state index contributed by atoms with van der Waals surface area (Å²) >= 11 is 0. The van der Waals surface area contributed by atoms with Gasteiger partial charge in [0.05, 0.1) is 5.92 Å². The van der Waals surface area contributed by atoms with Crippen molar-refractivity contribution in [2.45, 2.75) is 39.0 Å². The summed E-state index contributed by atoms with van der Waals surface area (Å²) in [5.74, 6) is 0.346. The van der Waals surface area contributed by atoms with E-state index in [0.717, 1.165) is 31.3 Å². The van der Waals surface area contributed by atoms with E-state index in [9.17, 15) is 4.79 Å². The van der Waals surface area contributed by atoms with Crippen molar-refractivity contribution in [2.75, 3.05) is 0 Å². The van der Waals surface area contributed by atoms with Crippen LogP contribution in [0.5, 0.6) is 0 Å². The number of ether oxygens (including phenoxy) is 1. The van der Waals surface area contributed by atoms with Crippen molar-refractivity contribution in [3.63, 3.8) is 0 Å². The molecule has 1 rings (SSSR count). The van der Waals surface area contributed by atoms with E-state index < -0.39 is 0 Å². The van der Waals surface area contributed by atoms with Crippen LogP contribution < -0.4 is 0 Å². The third kappa shape index (κ3) is 4.47. The SMILES string of the molecule is C=C(C)/C=C\C(=C)OC(=O)C1CCCCC1. The van der Waals surface area contributed by atoms with E-state index in [4.69, 9.17) is 4.74 Å². The largest absolute Gasteiger partial charge is 0.427 e. The Morgan fingerprint density at radius 2 is 1.81 bits per heavy atom. The summed E-state index contributed by atoms with van der Waals surface area (Å²) in [4.78, 5) is 11.7. The standard InChI is InChI=1S/C14H20O2/c1-11(2)9-10-12(3)16-14(15)13-7-5-4-6-8-13/h9-10,13H,1,3-8H2,2H3/b10-9-. The van der Waals surface area contributed by atoms with E-state index in [0.29, 0.717) is 5.76 Å². The molecular weight excluding hydrogens is 200 g/mol. The molecule has 1 saturated carbocycles.